The summed E-state index contributed by atoms with van der Waals surface area (Å²) in [6.07, 6.45) is 5.70. The predicted octanol–water partition coefficient (Wildman–Crippen LogP) is 16.9. The second kappa shape index (κ2) is 23.8. The molecule has 0 aliphatic rings. The Labute approximate surface area is 462 Å². The summed E-state index contributed by atoms with van der Waals surface area (Å²) in [6.45, 7) is 30.9. The van der Waals surface area contributed by atoms with E-state index >= 15 is 0 Å². The minimum atomic E-state index is -0.521. The quantitative estimate of drug-likeness (QED) is 0.0362. The fraction of sp³-hybridized carbons (Fsp3) is 0.314. The highest BCUT2D eigenvalue weighted by molar-refractivity contribution is 5.98. The van der Waals surface area contributed by atoms with E-state index in [1.165, 1.54) is 18.1 Å². The van der Waals surface area contributed by atoms with E-state index < -0.39 is 23.3 Å². The summed E-state index contributed by atoms with van der Waals surface area (Å²) in [5, 5.41) is 0. The molecular weight excluding hydrogens is 969 g/mol. The topological polar surface area (TPSA) is 105 Å². The van der Waals surface area contributed by atoms with Gasteiger partial charge in [-0.3, -0.25) is 4.79 Å². The summed E-state index contributed by atoms with van der Waals surface area (Å²) in [7, 11) is 1.72. The highest BCUT2D eigenvalue weighted by Gasteiger charge is 2.34. The number of methoxy groups -OCH3 is 1. The lowest BCUT2D eigenvalue weighted by atomic mass is 9.70. The van der Waals surface area contributed by atoms with Crippen LogP contribution >= 0.6 is 0 Å². The zero-order valence-corrected chi connectivity index (χ0v) is 48.5. The van der Waals surface area contributed by atoms with Crippen LogP contribution in [0.3, 0.4) is 0 Å². The summed E-state index contributed by atoms with van der Waals surface area (Å²) in [6, 6.07) is 38.4. The van der Waals surface area contributed by atoms with Gasteiger partial charge in [-0.15, -0.1) is 0 Å². The summed E-state index contributed by atoms with van der Waals surface area (Å²) < 4.78 is 23.8. The van der Waals surface area contributed by atoms with Gasteiger partial charge in [0.15, 0.2) is 5.78 Å². The molecule has 0 aliphatic carbocycles. The molecule has 7 aromatic rings. The van der Waals surface area contributed by atoms with Gasteiger partial charge < -0.3 is 18.9 Å². The Morgan fingerprint density at radius 2 is 0.692 bits per heavy atom. The maximum Gasteiger partial charge on any atom is 0.343 e. The Bertz CT molecular complexity index is 3350. The first-order valence-corrected chi connectivity index (χ1v) is 27.0. The third-order valence-corrected chi connectivity index (χ3v) is 15.1. The van der Waals surface area contributed by atoms with Crippen molar-refractivity contribution < 1.29 is 38.1 Å². The van der Waals surface area contributed by atoms with Crippen molar-refractivity contribution in [3.63, 3.8) is 0 Å². The van der Waals surface area contributed by atoms with Gasteiger partial charge in [-0.05, 0) is 201 Å². The first-order chi connectivity index (χ1) is 36.8. The number of ether oxygens (including phenoxy) is 4. The van der Waals surface area contributed by atoms with Crippen LogP contribution in [0.4, 0.5) is 0 Å². The van der Waals surface area contributed by atoms with E-state index in [-0.39, 0.29) is 11.2 Å². The first-order valence-electron chi connectivity index (χ1n) is 27.0. The van der Waals surface area contributed by atoms with E-state index in [0.717, 1.165) is 85.4 Å². The molecule has 0 bridgehead atoms. The van der Waals surface area contributed by atoms with Crippen molar-refractivity contribution in [2.75, 3.05) is 7.11 Å². The number of esters is 3. The van der Waals surface area contributed by atoms with E-state index in [1.54, 1.807) is 55.6 Å². The molecule has 0 amide bonds. The lowest BCUT2D eigenvalue weighted by Gasteiger charge is -2.34. The highest BCUT2D eigenvalue weighted by Crippen LogP contribution is 2.45. The van der Waals surface area contributed by atoms with Crippen molar-refractivity contribution in [3.8, 4) is 23.0 Å². The molecule has 78 heavy (non-hydrogen) atoms. The van der Waals surface area contributed by atoms with Crippen molar-refractivity contribution in [2.45, 2.75) is 128 Å². The number of ketones is 1. The molecule has 8 nitrogen and oxygen atoms in total. The Kier molecular flexibility index (Phi) is 17.7. The van der Waals surface area contributed by atoms with Crippen molar-refractivity contribution in [1.29, 1.82) is 0 Å². The second-order valence-electron chi connectivity index (χ2n) is 22.7. The normalized spacial score (nSPS) is 13.1. The SMILES string of the molecule is COc1c(C)cc(C(C)(CC(C)C)c2cc(C)c(OC(=O)c3ccc(C=Cc4ccc(C(=O)Oc5c(C)cc(C(C)(CC(C)C)c6cc(C)c(OC(=O)c7cccc(C(C)=O)c7)c(C)c6)cc5C)cc4)cc3)c(C)c2)cc1C. The fourth-order valence-corrected chi connectivity index (χ4v) is 11.3. The number of carbonyl (C=O) groups excluding carboxylic acids is 4. The molecule has 0 saturated heterocycles. The Balaban J connectivity index is 1.00. The third kappa shape index (κ3) is 12.8. The van der Waals surface area contributed by atoms with Crippen LogP contribution in [0.5, 0.6) is 23.0 Å². The van der Waals surface area contributed by atoms with Crippen molar-refractivity contribution in [3.05, 3.63) is 221 Å². The van der Waals surface area contributed by atoms with Crippen LogP contribution in [-0.4, -0.2) is 30.8 Å². The average Bonchev–Trinajstić information content (AvgIpc) is 3.55. The van der Waals surface area contributed by atoms with Crippen LogP contribution in [0.15, 0.2) is 121 Å². The number of hydrogen-bond acceptors (Lipinski definition) is 8. The Morgan fingerprint density at radius 1 is 0.410 bits per heavy atom. The number of carbonyl (C=O) groups is 4. The van der Waals surface area contributed by atoms with Gasteiger partial charge in [0.05, 0.1) is 23.8 Å². The lowest BCUT2D eigenvalue weighted by Crippen LogP contribution is -2.27. The molecule has 0 aliphatic heterocycles. The van der Waals surface area contributed by atoms with Crippen LogP contribution < -0.4 is 18.9 Å². The van der Waals surface area contributed by atoms with Crippen LogP contribution in [-0.2, 0) is 10.8 Å². The lowest BCUT2D eigenvalue weighted by molar-refractivity contribution is 0.0722. The van der Waals surface area contributed by atoms with Gasteiger partial charge in [-0.2, -0.15) is 0 Å². The van der Waals surface area contributed by atoms with Gasteiger partial charge in [-0.1, -0.05) is 139 Å². The smallest absolute Gasteiger partial charge is 0.343 e. The second-order valence-corrected chi connectivity index (χ2v) is 22.7. The molecule has 7 aromatic carbocycles. The standard InChI is InChI=1S/C70H76O8/c1-41(2)39-69(14,58-30-43(5)62(75-16)44(6)31-58)59-32-45(7)63(46(8)33-59)76-66(72)54-26-22-52(23-27-54)20-21-53-24-28-55(29-25-53)67(73)77-64-47(9)34-60(35-48(64)10)70(15,40-42(3)4)61-36-49(11)65(50(12)37-61)78-68(74)57-19-17-18-56(38-57)51(13)71/h17-38,41-42H,39-40H2,1-16H3. The number of rotatable bonds is 18. The zero-order valence-electron chi connectivity index (χ0n) is 48.5. The predicted molar refractivity (Wildman–Crippen MR) is 315 cm³/mol. The number of benzene rings is 7. The molecular formula is C70H76O8. The molecule has 0 fully saturated rings. The van der Waals surface area contributed by atoms with Crippen LogP contribution in [0, 0.1) is 67.2 Å². The van der Waals surface area contributed by atoms with Gasteiger partial charge in [0, 0.05) is 16.4 Å². The number of Topliss-reactive ketones (excluding diaryl/α,β-unsaturated/α-hetero) is 1. The van der Waals surface area contributed by atoms with Gasteiger partial charge in [0.2, 0.25) is 0 Å². The molecule has 0 saturated carbocycles. The average molecular weight is 1050 g/mol. The van der Waals surface area contributed by atoms with E-state index in [4.69, 9.17) is 18.9 Å². The molecule has 404 valence electrons. The minimum Gasteiger partial charge on any atom is -0.496 e. The summed E-state index contributed by atoms with van der Waals surface area (Å²) in [5.74, 6) is 1.77. The molecule has 0 heterocycles. The number of aryl methyl sites for hydroxylation is 8. The molecule has 0 aromatic heterocycles. The Morgan fingerprint density at radius 3 is 0.974 bits per heavy atom. The van der Waals surface area contributed by atoms with Gasteiger partial charge in [0.25, 0.3) is 0 Å². The molecule has 2 unspecified atom stereocenters. The first kappa shape index (κ1) is 57.9. The minimum absolute atomic E-state index is 0.123. The van der Waals surface area contributed by atoms with Crippen molar-refractivity contribution >= 4 is 35.8 Å². The van der Waals surface area contributed by atoms with Crippen LogP contribution in [0.2, 0.25) is 0 Å². The number of hydrogen-bond donors (Lipinski definition) is 0. The maximum atomic E-state index is 13.7. The molecule has 0 spiro atoms. The van der Waals surface area contributed by atoms with E-state index in [9.17, 15) is 19.2 Å². The molecule has 2 atom stereocenters. The van der Waals surface area contributed by atoms with Gasteiger partial charge >= 0.3 is 17.9 Å². The fourth-order valence-electron chi connectivity index (χ4n) is 11.3. The third-order valence-electron chi connectivity index (χ3n) is 15.1. The molecule has 7 rings (SSSR count). The van der Waals surface area contributed by atoms with Crippen LogP contribution in [0.1, 0.15) is 181 Å². The largest absolute Gasteiger partial charge is 0.496 e. The van der Waals surface area contributed by atoms with Gasteiger partial charge in [0.1, 0.15) is 23.0 Å². The van der Waals surface area contributed by atoms with Crippen LogP contribution in [0.25, 0.3) is 12.2 Å². The molecule has 0 radical (unpaired) electrons. The summed E-state index contributed by atoms with van der Waals surface area (Å²) in [4.78, 5) is 52.5. The summed E-state index contributed by atoms with van der Waals surface area (Å²) >= 11 is 0. The van der Waals surface area contributed by atoms with Crippen molar-refractivity contribution in [2.24, 2.45) is 11.8 Å². The summed E-state index contributed by atoms with van der Waals surface area (Å²) in [5.41, 5.74) is 14.7. The van der Waals surface area contributed by atoms with E-state index in [0.29, 0.717) is 51.3 Å². The van der Waals surface area contributed by atoms with E-state index in [1.807, 2.05) is 78.0 Å². The highest BCUT2D eigenvalue weighted by atomic mass is 16.5. The Hall–Kier alpha value is -7.84. The zero-order chi connectivity index (χ0) is 57.0. The molecule has 0 N–H and O–H groups in total. The van der Waals surface area contributed by atoms with E-state index in [2.05, 4.69) is 104 Å². The molecule has 8 heteroatoms. The van der Waals surface area contributed by atoms with Crippen molar-refractivity contribution in [1.82, 2.24) is 0 Å². The monoisotopic (exact) mass is 1040 g/mol. The maximum absolute atomic E-state index is 13.7. The van der Waals surface area contributed by atoms with Gasteiger partial charge in [-0.25, -0.2) is 14.4 Å².